The van der Waals surface area contributed by atoms with Crippen LogP contribution >= 0.6 is 11.3 Å². The Morgan fingerprint density at radius 2 is 2.28 bits per heavy atom. The van der Waals surface area contributed by atoms with Crippen LogP contribution in [0.1, 0.15) is 16.6 Å². The lowest BCUT2D eigenvalue weighted by Gasteiger charge is -2.10. The number of aliphatic hydroxyl groups is 1. The maximum atomic E-state index is 12.0. The zero-order valence-electron chi connectivity index (χ0n) is 10.0. The summed E-state index contributed by atoms with van der Waals surface area (Å²) < 4.78 is 30.8. The smallest absolute Gasteiger partial charge is 0.349 e. The Kier molecular flexibility index (Phi) is 5.27. The number of hydrogen-bond donors (Lipinski definition) is 2. The van der Waals surface area contributed by atoms with E-state index in [2.05, 4.69) is 9.46 Å². The Labute approximate surface area is 110 Å². The first-order valence-electron chi connectivity index (χ1n) is 5.18. The topological polar surface area (TPSA) is 92.7 Å². The lowest BCUT2D eigenvalue weighted by Crippen LogP contribution is -2.30. The fourth-order valence-corrected chi connectivity index (χ4v) is 3.64. The Morgan fingerprint density at radius 1 is 1.61 bits per heavy atom. The number of carbonyl (C=O) groups is 1. The van der Waals surface area contributed by atoms with Gasteiger partial charge in [-0.2, -0.15) is 0 Å². The number of ether oxygens (including phenoxy) is 1. The van der Waals surface area contributed by atoms with Crippen LogP contribution in [0.2, 0.25) is 0 Å². The highest BCUT2D eigenvalue weighted by Gasteiger charge is 2.24. The van der Waals surface area contributed by atoms with Crippen LogP contribution in [0.3, 0.4) is 0 Å². The van der Waals surface area contributed by atoms with Gasteiger partial charge in [-0.3, -0.25) is 0 Å². The van der Waals surface area contributed by atoms with E-state index in [1.165, 1.54) is 18.6 Å². The van der Waals surface area contributed by atoms with Crippen molar-refractivity contribution >= 4 is 27.3 Å². The number of aliphatic hydroxyl groups excluding tert-OH is 1. The maximum Gasteiger partial charge on any atom is 0.349 e. The molecule has 1 aromatic heterocycles. The average Bonchev–Trinajstić information content (AvgIpc) is 2.85. The lowest BCUT2D eigenvalue weighted by atomic mass is 10.2. The minimum Gasteiger partial charge on any atom is -0.465 e. The van der Waals surface area contributed by atoms with Crippen molar-refractivity contribution in [1.82, 2.24) is 4.72 Å². The van der Waals surface area contributed by atoms with E-state index in [0.717, 1.165) is 11.3 Å². The number of thiophene rings is 1. The third kappa shape index (κ3) is 3.52. The van der Waals surface area contributed by atoms with E-state index in [0.29, 0.717) is 0 Å². The van der Waals surface area contributed by atoms with Gasteiger partial charge in [0.15, 0.2) is 0 Å². The number of methoxy groups -OCH3 is 1. The molecule has 0 aliphatic carbocycles. The zero-order valence-corrected chi connectivity index (χ0v) is 11.7. The molecular weight excluding hydrogens is 278 g/mol. The molecule has 0 saturated heterocycles. The van der Waals surface area contributed by atoms with Crippen LogP contribution in [-0.4, -0.2) is 39.8 Å². The number of rotatable bonds is 6. The van der Waals surface area contributed by atoms with Crippen LogP contribution in [0.4, 0.5) is 0 Å². The molecule has 0 aliphatic rings. The summed E-state index contributed by atoms with van der Waals surface area (Å²) in [5.74, 6) is -0.874. The van der Waals surface area contributed by atoms with Crippen molar-refractivity contribution in [3.8, 4) is 0 Å². The van der Waals surface area contributed by atoms with Gasteiger partial charge in [0.05, 0.1) is 7.11 Å². The van der Waals surface area contributed by atoms with Crippen molar-refractivity contribution in [1.29, 1.82) is 0 Å². The molecule has 2 N–H and O–H groups in total. The Balaban J connectivity index is 2.92. The maximum absolute atomic E-state index is 12.0. The standard InChI is InChI=1S/C10H15NO5S2/c1-7(6-12)5-11-18(14,15)8-3-4-17-9(8)10(13)16-2/h3-4,7,11-12H,5-6H2,1-2H3. The van der Waals surface area contributed by atoms with Crippen LogP contribution in [0.25, 0.3) is 0 Å². The molecule has 0 bridgehead atoms. The molecule has 18 heavy (non-hydrogen) atoms. The summed E-state index contributed by atoms with van der Waals surface area (Å²) in [5.41, 5.74) is 0. The Hall–Kier alpha value is -0.960. The number of esters is 1. The molecule has 1 unspecified atom stereocenters. The summed E-state index contributed by atoms with van der Waals surface area (Å²) in [6.45, 7) is 1.70. The first kappa shape index (κ1) is 15.1. The molecule has 8 heteroatoms. The van der Waals surface area contributed by atoms with Gasteiger partial charge in [-0.05, 0) is 17.4 Å². The molecule has 0 radical (unpaired) electrons. The molecule has 0 aliphatic heterocycles. The van der Waals surface area contributed by atoms with Crippen LogP contribution in [0, 0.1) is 5.92 Å². The predicted octanol–water partition coefficient (Wildman–Crippen LogP) is 0.441. The van der Waals surface area contributed by atoms with E-state index >= 15 is 0 Å². The molecule has 1 rings (SSSR count). The molecule has 1 heterocycles. The summed E-state index contributed by atoms with van der Waals surface area (Å²) >= 11 is 1.01. The van der Waals surface area contributed by atoms with Crippen LogP contribution in [0.5, 0.6) is 0 Å². The molecular formula is C10H15NO5S2. The fraction of sp³-hybridized carbons (Fsp3) is 0.500. The van der Waals surface area contributed by atoms with E-state index in [1.807, 2.05) is 0 Å². The van der Waals surface area contributed by atoms with Gasteiger partial charge in [0.25, 0.3) is 0 Å². The van der Waals surface area contributed by atoms with Crippen molar-refractivity contribution in [2.24, 2.45) is 5.92 Å². The first-order chi connectivity index (χ1) is 8.42. The van der Waals surface area contributed by atoms with Gasteiger partial charge in [-0.15, -0.1) is 11.3 Å². The average molecular weight is 293 g/mol. The zero-order chi connectivity index (χ0) is 13.8. The first-order valence-corrected chi connectivity index (χ1v) is 7.55. The Bertz CT molecular complexity index is 508. The minimum absolute atomic E-state index is 0.0432. The van der Waals surface area contributed by atoms with Crippen molar-refractivity contribution in [3.63, 3.8) is 0 Å². The van der Waals surface area contributed by atoms with Crippen molar-refractivity contribution in [2.75, 3.05) is 20.3 Å². The molecule has 0 amide bonds. The second-order valence-electron chi connectivity index (χ2n) is 3.75. The third-order valence-corrected chi connectivity index (χ3v) is 4.71. The SMILES string of the molecule is COC(=O)c1sccc1S(=O)(=O)NCC(C)CO. The molecule has 102 valence electrons. The van der Waals surface area contributed by atoms with Gasteiger partial charge in [0, 0.05) is 13.2 Å². The third-order valence-electron chi connectivity index (χ3n) is 2.22. The number of nitrogens with one attached hydrogen (secondary N) is 1. The van der Waals surface area contributed by atoms with Gasteiger partial charge >= 0.3 is 5.97 Å². The van der Waals surface area contributed by atoms with Crippen molar-refractivity contribution < 1.29 is 23.1 Å². The highest BCUT2D eigenvalue weighted by molar-refractivity contribution is 7.89. The molecule has 6 nitrogen and oxygen atoms in total. The van der Waals surface area contributed by atoms with E-state index < -0.39 is 16.0 Å². The van der Waals surface area contributed by atoms with Gasteiger partial charge < -0.3 is 9.84 Å². The summed E-state index contributed by atoms with van der Waals surface area (Å²) in [6, 6.07) is 1.35. The monoisotopic (exact) mass is 293 g/mol. The van der Waals surface area contributed by atoms with Gasteiger partial charge in [0.1, 0.15) is 9.77 Å². The predicted molar refractivity (Wildman–Crippen MR) is 67.1 cm³/mol. The van der Waals surface area contributed by atoms with Gasteiger partial charge in [-0.25, -0.2) is 17.9 Å². The summed E-state index contributed by atoms with van der Waals surface area (Å²) in [6.07, 6.45) is 0. The largest absolute Gasteiger partial charge is 0.465 e. The minimum atomic E-state index is -3.76. The van der Waals surface area contributed by atoms with E-state index in [1.54, 1.807) is 6.92 Å². The lowest BCUT2D eigenvalue weighted by molar-refractivity contribution is 0.0602. The quantitative estimate of drug-likeness (QED) is 0.743. The summed E-state index contributed by atoms with van der Waals surface area (Å²) in [4.78, 5) is 11.3. The van der Waals surface area contributed by atoms with E-state index in [9.17, 15) is 13.2 Å². The molecule has 0 saturated carbocycles. The fourth-order valence-electron chi connectivity index (χ4n) is 1.14. The normalized spacial score (nSPS) is 13.3. The van der Waals surface area contributed by atoms with Gasteiger partial charge in [0.2, 0.25) is 10.0 Å². The number of sulfonamides is 1. The van der Waals surface area contributed by atoms with E-state index in [4.69, 9.17) is 5.11 Å². The number of hydrogen-bond acceptors (Lipinski definition) is 6. The van der Waals surface area contributed by atoms with Gasteiger partial charge in [-0.1, -0.05) is 6.92 Å². The van der Waals surface area contributed by atoms with Crippen molar-refractivity contribution in [2.45, 2.75) is 11.8 Å². The second-order valence-corrected chi connectivity index (χ2v) is 6.40. The van der Waals surface area contributed by atoms with Crippen molar-refractivity contribution in [3.05, 3.63) is 16.3 Å². The molecule has 1 aromatic rings. The highest BCUT2D eigenvalue weighted by Crippen LogP contribution is 2.22. The Morgan fingerprint density at radius 3 is 2.83 bits per heavy atom. The number of carbonyl (C=O) groups excluding carboxylic acids is 1. The van der Waals surface area contributed by atoms with Crippen LogP contribution in [-0.2, 0) is 14.8 Å². The highest BCUT2D eigenvalue weighted by atomic mass is 32.2. The van der Waals surface area contributed by atoms with E-state index in [-0.39, 0.29) is 28.8 Å². The molecule has 1 atom stereocenters. The molecule has 0 fully saturated rings. The summed E-state index contributed by atoms with van der Waals surface area (Å²) in [5, 5.41) is 10.3. The van der Waals surface area contributed by atoms with Crippen LogP contribution < -0.4 is 4.72 Å². The molecule has 0 aromatic carbocycles. The molecule has 0 spiro atoms. The second kappa shape index (κ2) is 6.28. The summed E-state index contributed by atoms with van der Waals surface area (Å²) in [7, 11) is -2.57. The van der Waals surface area contributed by atoms with Crippen LogP contribution in [0.15, 0.2) is 16.3 Å².